The van der Waals surface area contributed by atoms with Crippen LogP contribution in [0.4, 0.5) is 0 Å². The van der Waals surface area contributed by atoms with Crippen molar-refractivity contribution in [3.05, 3.63) is 63.5 Å². The summed E-state index contributed by atoms with van der Waals surface area (Å²) in [4.78, 5) is 40.3. The molecular weight excluding hydrogens is 404 g/mol. The van der Waals surface area contributed by atoms with E-state index in [-0.39, 0.29) is 31.1 Å². The Bertz CT molecular complexity index is 998. The highest BCUT2D eigenvalue weighted by atomic mass is 79.9. The Morgan fingerprint density at radius 1 is 1.19 bits per heavy atom. The van der Waals surface area contributed by atoms with Crippen LogP contribution in [0.3, 0.4) is 0 Å². The van der Waals surface area contributed by atoms with Crippen molar-refractivity contribution >= 4 is 38.6 Å². The number of carbonyl (C=O) groups excluding carboxylic acids is 2. The van der Waals surface area contributed by atoms with E-state index in [2.05, 4.69) is 31.5 Å². The van der Waals surface area contributed by atoms with E-state index in [9.17, 15) is 14.4 Å². The van der Waals surface area contributed by atoms with Crippen molar-refractivity contribution in [2.24, 2.45) is 0 Å². The summed E-state index contributed by atoms with van der Waals surface area (Å²) in [5.41, 5.74) is 0.223. The van der Waals surface area contributed by atoms with Gasteiger partial charge in [0.05, 0.1) is 36.6 Å². The molecule has 0 aliphatic rings. The predicted molar refractivity (Wildman–Crippen MR) is 97.3 cm³/mol. The van der Waals surface area contributed by atoms with Gasteiger partial charge in [0.25, 0.3) is 5.56 Å². The van der Waals surface area contributed by atoms with Crippen LogP contribution < -0.4 is 16.2 Å². The maximum Gasteiger partial charge on any atom is 0.261 e. The molecule has 0 aliphatic heterocycles. The Kier molecular flexibility index (Phi) is 5.47. The summed E-state index contributed by atoms with van der Waals surface area (Å²) in [5, 5.41) is 5.49. The van der Waals surface area contributed by atoms with E-state index in [1.54, 1.807) is 30.3 Å². The van der Waals surface area contributed by atoms with Crippen molar-refractivity contribution in [3.8, 4) is 0 Å². The molecule has 3 aromatic rings. The van der Waals surface area contributed by atoms with Crippen LogP contribution in [0.25, 0.3) is 10.9 Å². The molecular formula is C17H15BrN4O4. The topological polar surface area (TPSA) is 106 Å². The molecule has 0 radical (unpaired) electrons. The average Bonchev–Trinajstić information content (AvgIpc) is 3.14. The van der Waals surface area contributed by atoms with Gasteiger partial charge < -0.3 is 15.1 Å². The molecule has 134 valence electrons. The molecule has 0 unspecified atom stereocenters. The van der Waals surface area contributed by atoms with Crippen molar-refractivity contribution in [2.75, 3.05) is 6.54 Å². The lowest BCUT2D eigenvalue weighted by atomic mass is 10.2. The van der Waals surface area contributed by atoms with Crippen molar-refractivity contribution < 1.29 is 14.0 Å². The molecule has 0 fully saturated rings. The first-order chi connectivity index (χ1) is 12.5. The molecule has 0 bridgehead atoms. The minimum atomic E-state index is -0.462. The minimum absolute atomic E-state index is 0.194. The highest BCUT2D eigenvalue weighted by molar-refractivity contribution is 9.10. The van der Waals surface area contributed by atoms with Crippen molar-refractivity contribution in [1.29, 1.82) is 0 Å². The highest BCUT2D eigenvalue weighted by Crippen LogP contribution is 2.14. The molecule has 26 heavy (non-hydrogen) atoms. The molecule has 0 aliphatic carbocycles. The smallest absolute Gasteiger partial charge is 0.261 e. The molecule has 0 spiro atoms. The Morgan fingerprint density at radius 3 is 2.81 bits per heavy atom. The van der Waals surface area contributed by atoms with Crippen LogP contribution in [0.5, 0.6) is 0 Å². The zero-order chi connectivity index (χ0) is 18.5. The number of furan rings is 1. The third kappa shape index (κ3) is 4.37. The number of hydrogen-bond donors (Lipinski definition) is 2. The Hall–Kier alpha value is -2.94. The standard InChI is InChI=1S/C17H15BrN4O4/c18-11-3-4-14-13(6-11)17(25)22(10-21-14)9-16(24)20-8-15(23)19-7-12-2-1-5-26-12/h1-6,10H,7-9H2,(H,19,23)(H,20,24). The van der Waals surface area contributed by atoms with Crippen LogP contribution in [0.15, 0.2) is 56.6 Å². The average molecular weight is 419 g/mol. The van der Waals surface area contributed by atoms with Crippen LogP contribution in [-0.2, 0) is 22.7 Å². The summed E-state index contributed by atoms with van der Waals surface area (Å²) >= 11 is 3.31. The molecule has 2 aromatic heterocycles. The number of hydrogen-bond acceptors (Lipinski definition) is 5. The Balaban J connectivity index is 1.56. The van der Waals surface area contributed by atoms with Crippen molar-refractivity contribution in [2.45, 2.75) is 13.1 Å². The van der Waals surface area contributed by atoms with E-state index in [1.165, 1.54) is 17.2 Å². The number of nitrogens with zero attached hydrogens (tertiary/aromatic N) is 2. The number of carbonyl (C=O) groups is 2. The van der Waals surface area contributed by atoms with E-state index >= 15 is 0 Å². The lowest BCUT2D eigenvalue weighted by Gasteiger charge is -2.08. The van der Waals surface area contributed by atoms with Gasteiger partial charge in [-0.05, 0) is 30.3 Å². The van der Waals surface area contributed by atoms with Gasteiger partial charge in [0, 0.05) is 4.47 Å². The molecule has 0 saturated carbocycles. The van der Waals surface area contributed by atoms with Gasteiger partial charge in [-0.1, -0.05) is 15.9 Å². The Labute approximate surface area is 156 Å². The van der Waals surface area contributed by atoms with Gasteiger partial charge >= 0.3 is 0 Å². The number of benzene rings is 1. The van der Waals surface area contributed by atoms with Gasteiger partial charge in [-0.15, -0.1) is 0 Å². The summed E-state index contributed by atoms with van der Waals surface area (Å²) in [6, 6.07) is 8.61. The fourth-order valence-corrected chi connectivity index (χ4v) is 2.66. The third-order valence-corrected chi connectivity index (χ3v) is 4.08. The van der Waals surface area contributed by atoms with Crippen LogP contribution in [0.1, 0.15) is 5.76 Å². The zero-order valence-electron chi connectivity index (χ0n) is 13.6. The largest absolute Gasteiger partial charge is 0.467 e. The van der Waals surface area contributed by atoms with Gasteiger partial charge in [-0.3, -0.25) is 19.0 Å². The summed E-state index contributed by atoms with van der Waals surface area (Å²) in [7, 11) is 0. The summed E-state index contributed by atoms with van der Waals surface area (Å²) in [5.74, 6) is -0.205. The second kappa shape index (κ2) is 7.96. The van der Waals surface area contributed by atoms with Gasteiger partial charge in [0.2, 0.25) is 11.8 Å². The minimum Gasteiger partial charge on any atom is -0.467 e. The SMILES string of the molecule is O=C(CNC(=O)Cn1cnc2ccc(Br)cc2c1=O)NCc1ccco1. The lowest BCUT2D eigenvalue weighted by Crippen LogP contribution is -2.39. The summed E-state index contributed by atoms with van der Waals surface area (Å²) in [6.07, 6.45) is 2.83. The third-order valence-electron chi connectivity index (χ3n) is 3.59. The van der Waals surface area contributed by atoms with Crippen LogP contribution >= 0.6 is 15.9 Å². The maximum atomic E-state index is 12.4. The Morgan fingerprint density at radius 2 is 2.04 bits per heavy atom. The molecule has 2 amide bonds. The van der Waals surface area contributed by atoms with E-state index in [4.69, 9.17) is 4.42 Å². The number of nitrogens with one attached hydrogen (secondary N) is 2. The summed E-state index contributed by atoms with van der Waals surface area (Å²) in [6.45, 7) is -0.175. The van der Waals surface area contributed by atoms with Crippen LogP contribution in [0.2, 0.25) is 0 Å². The first kappa shape index (κ1) is 17.9. The number of amides is 2. The highest BCUT2D eigenvalue weighted by Gasteiger charge is 2.10. The van der Waals surface area contributed by atoms with E-state index in [0.29, 0.717) is 16.7 Å². The molecule has 1 aromatic carbocycles. The molecule has 2 heterocycles. The van der Waals surface area contributed by atoms with E-state index in [0.717, 1.165) is 4.47 Å². The van der Waals surface area contributed by atoms with Crippen molar-refractivity contribution in [3.63, 3.8) is 0 Å². The monoisotopic (exact) mass is 418 g/mol. The van der Waals surface area contributed by atoms with Crippen LogP contribution in [0, 0.1) is 0 Å². The normalized spacial score (nSPS) is 10.7. The first-order valence-electron chi connectivity index (χ1n) is 7.73. The van der Waals surface area contributed by atoms with Crippen molar-refractivity contribution in [1.82, 2.24) is 20.2 Å². The predicted octanol–water partition coefficient (Wildman–Crippen LogP) is 1.18. The molecule has 0 saturated heterocycles. The molecule has 8 nitrogen and oxygen atoms in total. The van der Waals surface area contributed by atoms with Gasteiger partial charge in [-0.25, -0.2) is 4.98 Å². The van der Waals surface area contributed by atoms with Gasteiger partial charge in [0.15, 0.2) is 0 Å². The fraction of sp³-hybridized carbons (Fsp3) is 0.176. The van der Waals surface area contributed by atoms with Gasteiger partial charge in [-0.2, -0.15) is 0 Å². The lowest BCUT2D eigenvalue weighted by molar-refractivity contribution is -0.126. The zero-order valence-corrected chi connectivity index (χ0v) is 15.2. The quantitative estimate of drug-likeness (QED) is 0.625. The number of halogens is 1. The van der Waals surface area contributed by atoms with Gasteiger partial charge in [0.1, 0.15) is 12.3 Å². The number of rotatable bonds is 6. The van der Waals surface area contributed by atoms with E-state index in [1.807, 2.05) is 0 Å². The second-order valence-electron chi connectivity index (χ2n) is 5.47. The number of fused-ring (bicyclic) bond motifs is 1. The first-order valence-corrected chi connectivity index (χ1v) is 8.53. The molecule has 0 atom stereocenters. The fourth-order valence-electron chi connectivity index (χ4n) is 2.29. The maximum absolute atomic E-state index is 12.4. The van der Waals surface area contributed by atoms with E-state index < -0.39 is 5.91 Å². The van der Waals surface area contributed by atoms with Crippen LogP contribution in [-0.4, -0.2) is 27.9 Å². The molecule has 3 rings (SSSR count). The molecule has 9 heteroatoms. The summed E-state index contributed by atoms with van der Waals surface area (Å²) < 4.78 is 7.04. The second-order valence-corrected chi connectivity index (χ2v) is 6.39. The molecule has 2 N–H and O–H groups in total. The number of aromatic nitrogens is 2.